The second-order valence-electron chi connectivity index (χ2n) is 10.3. The minimum atomic E-state index is -1.08. The number of nitrogens with one attached hydrogen (secondary N) is 1. The molecule has 3 N–H and O–H groups in total. The third-order valence-electron chi connectivity index (χ3n) is 7.41. The van der Waals surface area contributed by atoms with Crippen LogP contribution in [0.25, 0.3) is 21.5 Å². The average molecular weight is 600 g/mol. The van der Waals surface area contributed by atoms with Crippen molar-refractivity contribution < 1.29 is 29.4 Å². The number of aliphatic imine (C=N–C) groups is 1. The zero-order chi connectivity index (χ0) is 31.4. The summed E-state index contributed by atoms with van der Waals surface area (Å²) in [6, 6.07) is 14.7. The Morgan fingerprint density at radius 3 is 1.89 bits per heavy atom. The van der Waals surface area contributed by atoms with Crippen molar-refractivity contribution in [3.63, 3.8) is 0 Å². The van der Waals surface area contributed by atoms with Crippen molar-refractivity contribution in [2.75, 3.05) is 42.7 Å². The normalized spacial score (nSPS) is 15.5. The molecule has 0 bridgehead atoms. The quantitative estimate of drug-likeness (QED) is 0.169. The van der Waals surface area contributed by atoms with Crippen molar-refractivity contribution in [3.8, 4) is 0 Å². The number of rotatable bonds is 11. The molecule has 14 heteroatoms. The number of aliphatic carboxylic acids is 2. The van der Waals surface area contributed by atoms with Crippen molar-refractivity contribution in [1.29, 1.82) is 0 Å². The highest BCUT2D eigenvalue weighted by Gasteiger charge is 2.31. The van der Waals surface area contributed by atoms with E-state index < -0.39 is 17.8 Å². The number of guanidine groups is 1. The van der Waals surface area contributed by atoms with E-state index in [2.05, 4.69) is 17.4 Å². The van der Waals surface area contributed by atoms with Gasteiger partial charge < -0.3 is 15.5 Å². The Morgan fingerprint density at radius 2 is 1.36 bits per heavy atom. The van der Waals surface area contributed by atoms with Crippen molar-refractivity contribution in [2.45, 2.75) is 25.7 Å². The first-order chi connectivity index (χ1) is 21.2. The Labute approximate surface area is 253 Å². The van der Waals surface area contributed by atoms with Crippen molar-refractivity contribution in [1.82, 2.24) is 21.0 Å². The van der Waals surface area contributed by atoms with E-state index in [-0.39, 0.29) is 57.2 Å². The molecule has 2 aliphatic heterocycles. The average Bonchev–Trinajstić information content (AvgIpc) is 3.66. The number of fused-ring (bicyclic) bond motifs is 2. The SMILES string of the molecule is [CH2]N([N])c1c2ccccc2c(N(CC2=NCCN2C(=O)CCC(=O)O)N=C2NCCN2C(=O)CCC(=O)O)c2ccccc12. The monoisotopic (exact) mass is 599 g/mol. The number of carbonyl (C=O) groups is 4. The van der Waals surface area contributed by atoms with Crippen LogP contribution in [-0.2, 0) is 19.2 Å². The summed E-state index contributed by atoms with van der Waals surface area (Å²) in [5.74, 6) is 8.20. The van der Waals surface area contributed by atoms with Crippen LogP contribution in [-0.4, -0.2) is 88.3 Å². The van der Waals surface area contributed by atoms with Gasteiger partial charge in [0.25, 0.3) is 0 Å². The molecular weight excluding hydrogens is 568 g/mol. The Kier molecular flexibility index (Phi) is 8.90. The van der Waals surface area contributed by atoms with Crippen molar-refractivity contribution in [2.24, 2.45) is 10.1 Å². The molecular formula is C30H31N8O6. The predicted molar refractivity (Wildman–Crippen MR) is 164 cm³/mol. The maximum Gasteiger partial charge on any atom is 0.303 e. The first-order valence-corrected chi connectivity index (χ1v) is 14.1. The molecule has 3 aromatic carbocycles. The summed E-state index contributed by atoms with van der Waals surface area (Å²) in [7, 11) is 3.71. The molecule has 44 heavy (non-hydrogen) atoms. The third kappa shape index (κ3) is 6.24. The van der Waals surface area contributed by atoms with E-state index in [0.717, 1.165) is 5.01 Å². The highest BCUT2D eigenvalue weighted by Crippen LogP contribution is 2.43. The minimum Gasteiger partial charge on any atom is -0.481 e. The lowest BCUT2D eigenvalue weighted by atomic mass is 9.97. The molecule has 0 aromatic heterocycles. The number of amidine groups is 1. The van der Waals surface area contributed by atoms with Crippen LogP contribution in [0.4, 0.5) is 11.4 Å². The van der Waals surface area contributed by atoms with Gasteiger partial charge in [0.05, 0.1) is 44.4 Å². The Balaban J connectivity index is 1.65. The van der Waals surface area contributed by atoms with E-state index in [1.54, 1.807) is 5.01 Å². The number of carboxylic acids is 2. The summed E-state index contributed by atoms with van der Waals surface area (Å²) in [5.41, 5.74) is 1.08. The van der Waals surface area contributed by atoms with Gasteiger partial charge in [-0.15, -0.1) is 5.10 Å². The smallest absolute Gasteiger partial charge is 0.303 e. The van der Waals surface area contributed by atoms with Gasteiger partial charge in [0.15, 0.2) is 0 Å². The molecule has 0 saturated carbocycles. The van der Waals surface area contributed by atoms with E-state index in [1.807, 2.05) is 48.5 Å². The summed E-state index contributed by atoms with van der Waals surface area (Å²) in [4.78, 5) is 55.7. The molecule has 2 aliphatic rings. The van der Waals surface area contributed by atoms with Gasteiger partial charge >= 0.3 is 11.9 Å². The number of hydrogen-bond donors (Lipinski definition) is 3. The summed E-state index contributed by atoms with van der Waals surface area (Å²) in [6.07, 6.45) is -1.03. The second-order valence-corrected chi connectivity index (χ2v) is 10.3. The molecule has 1 fully saturated rings. The van der Waals surface area contributed by atoms with Crippen LogP contribution in [0.5, 0.6) is 0 Å². The lowest BCUT2D eigenvalue weighted by molar-refractivity contribution is -0.140. The zero-order valence-corrected chi connectivity index (χ0v) is 23.8. The molecule has 3 aromatic rings. The van der Waals surface area contributed by atoms with Crippen LogP contribution in [0.15, 0.2) is 58.6 Å². The molecule has 2 amide bonds. The first-order valence-electron chi connectivity index (χ1n) is 14.1. The van der Waals surface area contributed by atoms with E-state index in [9.17, 15) is 25.0 Å². The van der Waals surface area contributed by atoms with Crippen LogP contribution in [0.3, 0.4) is 0 Å². The zero-order valence-electron chi connectivity index (χ0n) is 23.8. The van der Waals surface area contributed by atoms with Crippen LogP contribution in [0, 0.1) is 7.05 Å². The number of hydrogen-bond acceptors (Lipinski definition) is 8. The number of benzene rings is 3. The summed E-state index contributed by atoms with van der Waals surface area (Å²) >= 11 is 0. The molecule has 0 unspecified atom stereocenters. The van der Waals surface area contributed by atoms with Crippen LogP contribution < -0.4 is 21.2 Å². The third-order valence-corrected chi connectivity index (χ3v) is 7.41. The standard InChI is InChI=1S/C30H31N8O6/c1-35(31)28-19-6-2-4-8-21(19)29(22-9-5-3-7-20(22)28)38(18-23-32-14-16-36(23)24(39)10-12-26(41)42)34-30-33-15-17-37(30)25(40)11-13-27(43)44/h2-9H,1,10-18H2,(H,33,34)(H,41,42)(H,43,44). The minimum absolute atomic E-state index is 0.0122. The number of carboxylic acid groups (broad SMARTS) is 2. The van der Waals surface area contributed by atoms with Gasteiger partial charge in [-0.2, -0.15) is 0 Å². The lowest BCUT2D eigenvalue weighted by Gasteiger charge is -2.29. The van der Waals surface area contributed by atoms with Gasteiger partial charge in [-0.25, -0.2) is 0 Å². The largest absolute Gasteiger partial charge is 0.481 e. The van der Waals surface area contributed by atoms with E-state index in [0.29, 0.717) is 51.8 Å². The molecule has 5 rings (SSSR count). The summed E-state index contributed by atoms with van der Waals surface area (Å²) in [6.45, 7) is 1.29. The maximum absolute atomic E-state index is 13.0. The maximum atomic E-state index is 13.0. The van der Waals surface area contributed by atoms with E-state index in [4.69, 9.17) is 15.3 Å². The predicted octanol–water partition coefficient (Wildman–Crippen LogP) is 2.05. The van der Waals surface area contributed by atoms with Crippen molar-refractivity contribution in [3.05, 3.63) is 55.6 Å². The van der Waals surface area contributed by atoms with Crippen LogP contribution in [0.2, 0.25) is 0 Å². The number of anilines is 2. The van der Waals surface area contributed by atoms with Gasteiger partial charge in [0.1, 0.15) is 5.84 Å². The Hall–Kier alpha value is -5.24. The number of carbonyl (C=O) groups excluding carboxylic acids is 2. The lowest BCUT2D eigenvalue weighted by Crippen LogP contribution is -2.42. The van der Waals surface area contributed by atoms with Crippen LogP contribution in [0.1, 0.15) is 25.7 Å². The Bertz CT molecular complexity index is 1630. The molecule has 1 saturated heterocycles. The van der Waals surface area contributed by atoms with E-state index in [1.165, 1.54) is 9.80 Å². The molecule has 2 heterocycles. The van der Waals surface area contributed by atoms with Gasteiger partial charge in [0.2, 0.25) is 17.8 Å². The highest BCUT2D eigenvalue weighted by molar-refractivity contribution is 6.20. The molecule has 0 atom stereocenters. The van der Waals surface area contributed by atoms with E-state index >= 15 is 0 Å². The van der Waals surface area contributed by atoms with Crippen molar-refractivity contribution >= 4 is 68.5 Å². The topological polar surface area (TPSA) is 181 Å². The van der Waals surface area contributed by atoms with Crippen LogP contribution >= 0.6 is 0 Å². The fraction of sp³-hybridized carbons (Fsp3) is 0.300. The Morgan fingerprint density at radius 1 is 0.841 bits per heavy atom. The van der Waals surface area contributed by atoms with Gasteiger partial charge in [-0.3, -0.25) is 44.0 Å². The summed E-state index contributed by atoms with van der Waals surface area (Å²) in [5, 5.41) is 31.4. The highest BCUT2D eigenvalue weighted by atomic mass is 16.4. The fourth-order valence-electron chi connectivity index (χ4n) is 5.46. The molecule has 14 nitrogen and oxygen atoms in total. The number of amides is 2. The molecule has 3 radical (unpaired) electrons. The summed E-state index contributed by atoms with van der Waals surface area (Å²) < 4.78 is 0. The second kappa shape index (κ2) is 13.0. The van der Waals surface area contributed by atoms with Gasteiger partial charge in [-0.05, 0) is 5.84 Å². The van der Waals surface area contributed by atoms with Gasteiger partial charge in [-0.1, -0.05) is 48.5 Å². The van der Waals surface area contributed by atoms with Gasteiger partial charge in [0, 0.05) is 54.0 Å². The number of hydrazone groups is 1. The molecule has 0 spiro atoms. The number of nitrogens with zero attached hydrogens (tertiary/aromatic N) is 7. The molecule has 0 aliphatic carbocycles. The fourth-order valence-corrected chi connectivity index (χ4v) is 5.46. The first kappa shape index (κ1) is 30.2. The molecule has 227 valence electrons.